The summed E-state index contributed by atoms with van der Waals surface area (Å²) >= 11 is 0. The summed E-state index contributed by atoms with van der Waals surface area (Å²) in [5.41, 5.74) is 2.76. The highest BCUT2D eigenvalue weighted by atomic mass is 16.2. The number of hydrogen-bond donors (Lipinski definition) is 0. The molecule has 3 atom stereocenters. The zero-order valence-corrected chi connectivity index (χ0v) is 13.6. The topological polar surface area (TPSA) is 20.3 Å². The number of rotatable bonds is 4. The van der Waals surface area contributed by atoms with Crippen LogP contribution in [-0.4, -0.2) is 17.4 Å². The Kier molecular flexibility index (Phi) is 3.48. The first-order chi connectivity index (χ1) is 11.2. The first-order valence-electron chi connectivity index (χ1n) is 8.61. The van der Waals surface area contributed by atoms with Crippen molar-refractivity contribution in [3.05, 3.63) is 71.8 Å². The molecule has 4 rings (SSSR count). The SMILES string of the molecule is CCC12CC(c3ccccc3)C1C(=O)N(Cc1ccccc1)C2. The van der Waals surface area contributed by atoms with Crippen molar-refractivity contribution >= 4 is 5.91 Å². The first-order valence-corrected chi connectivity index (χ1v) is 8.61. The van der Waals surface area contributed by atoms with Crippen molar-refractivity contribution in [3.8, 4) is 0 Å². The van der Waals surface area contributed by atoms with Crippen molar-refractivity contribution in [1.82, 2.24) is 4.90 Å². The van der Waals surface area contributed by atoms with Crippen LogP contribution < -0.4 is 0 Å². The zero-order valence-electron chi connectivity index (χ0n) is 13.6. The van der Waals surface area contributed by atoms with Crippen LogP contribution in [0.2, 0.25) is 0 Å². The molecule has 3 unspecified atom stereocenters. The van der Waals surface area contributed by atoms with Gasteiger partial charge in [-0.3, -0.25) is 4.79 Å². The molecule has 2 aromatic rings. The van der Waals surface area contributed by atoms with E-state index < -0.39 is 0 Å². The lowest BCUT2D eigenvalue weighted by Gasteiger charge is -2.49. The van der Waals surface area contributed by atoms with E-state index in [1.807, 2.05) is 24.3 Å². The molecule has 1 aliphatic heterocycles. The monoisotopic (exact) mass is 305 g/mol. The second-order valence-electron chi connectivity index (χ2n) is 7.09. The molecule has 0 spiro atoms. The number of fused-ring (bicyclic) bond motifs is 1. The minimum absolute atomic E-state index is 0.179. The van der Waals surface area contributed by atoms with Gasteiger partial charge in [0.2, 0.25) is 5.91 Å². The van der Waals surface area contributed by atoms with E-state index in [4.69, 9.17) is 0 Å². The van der Waals surface area contributed by atoms with Gasteiger partial charge in [0.1, 0.15) is 0 Å². The van der Waals surface area contributed by atoms with Gasteiger partial charge < -0.3 is 4.90 Å². The minimum atomic E-state index is 0.179. The van der Waals surface area contributed by atoms with E-state index in [1.54, 1.807) is 0 Å². The third-order valence-electron chi connectivity index (χ3n) is 5.92. The van der Waals surface area contributed by atoms with Gasteiger partial charge in [-0.2, -0.15) is 0 Å². The molecule has 1 saturated carbocycles. The highest BCUT2D eigenvalue weighted by Gasteiger charge is 2.62. The molecule has 2 nitrogen and oxygen atoms in total. The van der Waals surface area contributed by atoms with Gasteiger partial charge in [0.15, 0.2) is 0 Å². The fraction of sp³-hybridized carbons (Fsp3) is 0.381. The van der Waals surface area contributed by atoms with Crippen LogP contribution in [0.5, 0.6) is 0 Å². The maximum atomic E-state index is 13.0. The Labute approximate surface area is 138 Å². The van der Waals surface area contributed by atoms with E-state index >= 15 is 0 Å². The van der Waals surface area contributed by atoms with Gasteiger partial charge in [-0.1, -0.05) is 67.6 Å². The van der Waals surface area contributed by atoms with Crippen LogP contribution in [0.1, 0.15) is 36.8 Å². The van der Waals surface area contributed by atoms with Crippen molar-refractivity contribution < 1.29 is 4.79 Å². The fourth-order valence-corrected chi connectivity index (χ4v) is 4.62. The second-order valence-corrected chi connectivity index (χ2v) is 7.09. The molecular formula is C21H23NO. The van der Waals surface area contributed by atoms with Gasteiger partial charge in [0.25, 0.3) is 0 Å². The predicted octanol–water partition coefficient (Wildman–Crippen LogP) is 4.23. The lowest BCUT2D eigenvalue weighted by molar-refractivity contribution is -0.135. The number of carbonyl (C=O) groups excluding carboxylic acids is 1. The molecule has 2 aromatic carbocycles. The molecule has 2 aliphatic rings. The first kappa shape index (κ1) is 14.5. The maximum Gasteiger partial charge on any atom is 0.227 e. The molecule has 2 heteroatoms. The lowest BCUT2D eigenvalue weighted by Crippen LogP contribution is -2.46. The molecule has 1 saturated heterocycles. The van der Waals surface area contributed by atoms with Gasteiger partial charge in [-0.25, -0.2) is 0 Å². The molecular weight excluding hydrogens is 282 g/mol. The number of amides is 1. The predicted molar refractivity (Wildman–Crippen MR) is 91.9 cm³/mol. The average Bonchev–Trinajstić information content (AvgIpc) is 2.78. The van der Waals surface area contributed by atoms with Crippen LogP contribution in [0.4, 0.5) is 0 Å². The normalized spacial score (nSPS) is 29.3. The molecule has 23 heavy (non-hydrogen) atoms. The van der Waals surface area contributed by atoms with Crippen LogP contribution >= 0.6 is 0 Å². The summed E-state index contributed by atoms with van der Waals surface area (Å²) in [5.74, 6) is 0.943. The largest absolute Gasteiger partial charge is 0.338 e. The Hall–Kier alpha value is -2.09. The van der Waals surface area contributed by atoms with E-state index in [-0.39, 0.29) is 11.3 Å². The lowest BCUT2D eigenvalue weighted by atomic mass is 9.52. The summed E-state index contributed by atoms with van der Waals surface area (Å²) < 4.78 is 0. The van der Waals surface area contributed by atoms with Gasteiger partial charge in [0, 0.05) is 18.5 Å². The number of likely N-dealkylation sites (tertiary alicyclic amines) is 1. The Morgan fingerprint density at radius 1 is 1.04 bits per heavy atom. The molecule has 0 aromatic heterocycles. The zero-order chi connectivity index (χ0) is 15.9. The molecule has 0 bridgehead atoms. The number of carbonyl (C=O) groups is 1. The van der Waals surface area contributed by atoms with E-state index in [0.717, 1.165) is 25.9 Å². The van der Waals surface area contributed by atoms with E-state index in [9.17, 15) is 4.79 Å². The molecule has 2 fully saturated rings. The number of nitrogens with zero attached hydrogens (tertiary/aromatic N) is 1. The van der Waals surface area contributed by atoms with Gasteiger partial charge in [0.05, 0.1) is 5.92 Å². The summed E-state index contributed by atoms with van der Waals surface area (Å²) in [5, 5.41) is 0. The van der Waals surface area contributed by atoms with Crippen molar-refractivity contribution in [2.24, 2.45) is 11.3 Å². The molecule has 1 heterocycles. The Morgan fingerprint density at radius 3 is 2.35 bits per heavy atom. The maximum absolute atomic E-state index is 13.0. The summed E-state index contributed by atoms with van der Waals surface area (Å²) in [4.78, 5) is 15.1. The third kappa shape index (κ3) is 2.28. The van der Waals surface area contributed by atoms with Crippen molar-refractivity contribution in [1.29, 1.82) is 0 Å². The molecule has 0 N–H and O–H groups in total. The summed E-state index contributed by atoms with van der Waals surface area (Å²) in [6.45, 7) is 3.91. The van der Waals surface area contributed by atoms with E-state index in [1.165, 1.54) is 11.1 Å². The van der Waals surface area contributed by atoms with Crippen molar-refractivity contribution in [2.45, 2.75) is 32.2 Å². The molecule has 0 radical (unpaired) electrons. The molecule has 118 valence electrons. The molecule has 1 aliphatic carbocycles. The fourth-order valence-electron chi connectivity index (χ4n) is 4.62. The number of hydrogen-bond acceptors (Lipinski definition) is 1. The van der Waals surface area contributed by atoms with Crippen LogP contribution in [-0.2, 0) is 11.3 Å². The standard InChI is InChI=1S/C21H23NO/c1-2-21-13-18(17-11-7-4-8-12-17)19(21)20(23)22(15-21)14-16-9-5-3-6-10-16/h3-12,18-19H,2,13-15H2,1H3. The minimum Gasteiger partial charge on any atom is -0.338 e. The highest BCUT2D eigenvalue weighted by molar-refractivity contribution is 5.85. The van der Waals surface area contributed by atoms with Gasteiger partial charge in [-0.15, -0.1) is 0 Å². The summed E-state index contributed by atoms with van der Waals surface area (Å²) in [7, 11) is 0. The second kappa shape index (κ2) is 5.52. The van der Waals surface area contributed by atoms with Crippen molar-refractivity contribution in [3.63, 3.8) is 0 Å². The highest BCUT2D eigenvalue weighted by Crippen LogP contribution is 2.62. The number of benzene rings is 2. The van der Waals surface area contributed by atoms with Gasteiger partial charge >= 0.3 is 0 Å². The van der Waals surface area contributed by atoms with Crippen LogP contribution in [0, 0.1) is 11.3 Å². The van der Waals surface area contributed by atoms with Crippen LogP contribution in [0.15, 0.2) is 60.7 Å². The van der Waals surface area contributed by atoms with Gasteiger partial charge in [-0.05, 0) is 29.9 Å². The van der Waals surface area contributed by atoms with E-state index in [0.29, 0.717) is 11.8 Å². The Balaban J connectivity index is 1.58. The third-order valence-corrected chi connectivity index (χ3v) is 5.92. The Bertz CT molecular complexity index is 696. The van der Waals surface area contributed by atoms with Crippen molar-refractivity contribution in [2.75, 3.05) is 6.54 Å². The average molecular weight is 305 g/mol. The Morgan fingerprint density at radius 2 is 1.70 bits per heavy atom. The van der Waals surface area contributed by atoms with E-state index in [2.05, 4.69) is 48.2 Å². The van der Waals surface area contributed by atoms with Crippen LogP contribution in [0.25, 0.3) is 0 Å². The summed E-state index contributed by atoms with van der Waals surface area (Å²) in [6.07, 6.45) is 2.24. The summed E-state index contributed by atoms with van der Waals surface area (Å²) in [6, 6.07) is 20.9. The van der Waals surface area contributed by atoms with Crippen LogP contribution in [0.3, 0.4) is 0 Å². The quantitative estimate of drug-likeness (QED) is 0.828. The smallest absolute Gasteiger partial charge is 0.227 e. The molecule has 1 amide bonds.